The zero-order chi connectivity index (χ0) is 10.1. The van der Waals surface area contributed by atoms with Gasteiger partial charge in [0.1, 0.15) is 0 Å². The normalized spacial score (nSPS) is 11.8. The minimum Gasteiger partial charge on any atom is -0.386 e. The average Bonchev–Trinajstić information content (AvgIpc) is 2.01. The van der Waals surface area contributed by atoms with Gasteiger partial charge in [0, 0.05) is 4.47 Å². The molecule has 1 aromatic carbocycles. The van der Waals surface area contributed by atoms with Crippen molar-refractivity contribution in [1.29, 1.82) is 0 Å². The molecule has 2 heteroatoms. The summed E-state index contributed by atoms with van der Waals surface area (Å²) in [5.74, 6) is 0. The standard InChI is InChI=1S/C11H15BrO/c1-4-8-5-9(11(2,3)13)7-10(12)6-8/h5-7,13H,4H2,1-3H3. The van der Waals surface area contributed by atoms with Crippen LogP contribution in [-0.4, -0.2) is 5.11 Å². The van der Waals surface area contributed by atoms with Crippen LogP contribution in [0.3, 0.4) is 0 Å². The Kier molecular flexibility index (Phi) is 3.14. The van der Waals surface area contributed by atoms with E-state index in [9.17, 15) is 5.11 Å². The molecule has 0 aliphatic rings. The first-order valence-electron chi connectivity index (χ1n) is 4.46. The van der Waals surface area contributed by atoms with Crippen LogP contribution in [-0.2, 0) is 12.0 Å². The van der Waals surface area contributed by atoms with Gasteiger partial charge in [-0.05, 0) is 43.5 Å². The van der Waals surface area contributed by atoms with Crippen LogP contribution in [0.25, 0.3) is 0 Å². The number of halogens is 1. The molecular formula is C11H15BrO. The van der Waals surface area contributed by atoms with Crippen molar-refractivity contribution in [1.82, 2.24) is 0 Å². The highest BCUT2D eigenvalue weighted by Crippen LogP contribution is 2.25. The van der Waals surface area contributed by atoms with Gasteiger partial charge in [0.25, 0.3) is 0 Å². The fraction of sp³-hybridized carbons (Fsp3) is 0.455. The summed E-state index contributed by atoms with van der Waals surface area (Å²) in [6, 6.07) is 6.08. The van der Waals surface area contributed by atoms with Crippen molar-refractivity contribution in [3.05, 3.63) is 33.8 Å². The number of aliphatic hydroxyl groups is 1. The molecule has 0 fully saturated rings. The first-order chi connectivity index (χ1) is 5.93. The Hall–Kier alpha value is -0.340. The molecule has 0 saturated heterocycles. The fourth-order valence-electron chi connectivity index (χ4n) is 1.21. The van der Waals surface area contributed by atoms with Gasteiger partial charge in [-0.3, -0.25) is 0 Å². The maximum atomic E-state index is 9.81. The Morgan fingerprint density at radius 3 is 2.38 bits per heavy atom. The molecule has 0 amide bonds. The van der Waals surface area contributed by atoms with Crippen molar-refractivity contribution >= 4 is 15.9 Å². The number of aryl methyl sites for hydroxylation is 1. The Morgan fingerprint density at radius 1 is 1.31 bits per heavy atom. The highest BCUT2D eigenvalue weighted by Gasteiger charge is 2.16. The van der Waals surface area contributed by atoms with Crippen molar-refractivity contribution in [2.45, 2.75) is 32.8 Å². The number of hydrogen-bond acceptors (Lipinski definition) is 1. The third kappa shape index (κ3) is 2.82. The Balaban J connectivity index is 3.16. The van der Waals surface area contributed by atoms with E-state index in [0.29, 0.717) is 0 Å². The van der Waals surface area contributed by atoms with Crippen molar-refractivity contribution in [3.8, 4) is 0 Å². The van der Waals surface area contributed by atoms with Crippen LogP contribution in [0.4, 0.5) is 0 Å². The lowest BCUT2D eigenvalue weighted by Crippen LogP contribution is -2.15. The molecule has 1 N–H and O–H groups in total. The van der Waals surface area contributed by atoms with E-state index >= 15 is 0 Å². The van der Waals surface area contributed by atoms with E-state index in [4.69, 9.17) is 0 Å². The molecule has 1 nitrogen and oxygen atoms in total. The highest BCUT2D eigenvalue weighted by atomic mass is 79.9. The molecule has 72 valence electrons. The van der Waals surface area contributed by atoms with Crippen LogP contribution in [0.1, 0.15) is 31.9 Å². The second kappa shape index (κ2) is 3.81. The molecule has 0 saturated carbocycles. The zero-order valence-corrected chi connectivity index (χ0v) is 9.85. The molecule has 1 aromatic rings. The molecule has 0 radical (unpaired) electrons. The number of rotatable bonds is 2. The lowest BCUT2D eigenvalue weighted by Gasteiger charge is -2.19. The smallest absolute Gasteiger partial charge is 0.0841 e. The predicted molar refractivity (Wildman–Crippen MR) is 58.8 cm³/mol. The monoisotopic (exact) mass is 242 g/mol. The molecule has 0 atom stereocenters. The topological polar surface area (TPSA) is 20.2 Å². The van der Waals surface area contributed by atoms with Gasteiger partial charge >= 0.3 is 0 Å². The summed E-state index contributed by atoms with van der Waals surface area (Å²) < 4.78 is 1.03. The largest absolute Gasteiger partial charge is 0.386 e. The molecule has 13 heavy (non-hydrogen) atoms. The first-order valence-corrected chi connectivity index (χ1v) is 5.25. The molecule has 1 rings (SSSR count). The summed E-state index contributed by atoms with van der Waals surface area (Å²) in [5.41, 5.74) is 1.44. The van der Waals surface area contributed by atoms with Gasteiger partial charge in [0.15, 0.2) is 0 Å². The number of benzene rings is 1. The van der Waals surface area contributed by atoms with E-state index in [0.717, 1.165) is 16.5 Å². The second-order valence-corrected chi connectivity index (χ2v) is 4.68. The van der Waals surface area contributed by atoms with E-state index in [-0.39, 0.29) is 0 Å². The maximum absolute atomic E-state index is 9.81. The van der Waals surface area contributed by atoms with Gasteiger partial charge in [-0.25, -0.2) is 0 Å². The summed E-state index contributed by atoms with van der Waals surface area (Å²) in [6.07, 6.45) is 0.989. The van der Waals surface area contributed by atoms with E-state index in [1.165, 1.54) is 5.56 Å². The molecular weight excluding hydrogens is 228 g/mol. The quantitative estimate of drug-likeness (QED) is 0.845. The van der Waals surface area contributed by atoms with Gasteiger partial charge < -0.3 is 5.11 Å². The fourth-order valence-corrected chi connectivity index (χ4v) is 1.75. The molecule has 0 bridgehead atoms. The maximum Gasteiger partial charge on any atom is 0.0841 e. The van der Waals surface area contributed by atoms with Gasteiger partial charge in [0.05, 0.1) is 5.60 Å². The first kappa shape index (κ1) is 10.7. The third-order valence-electron chi connectivity index (χ3n) is 2.07. The van der Waals surface area contributed by atoms with Crippen molar-refractivity contribution in [3.63, 3.8) is 0 Å². The minimum absolute atomic E-state index is 0.756. The van der Waals surface area contributed by atoms with E-state index < -0.39 is 5.60 Å². The molecule has 0 aliphatic carbocycles. The lowest BCUT2D eigenvalue weighted by molar-refractivity contribution is 0.0784. The molecule has 0 aliphatic heterocycles. The third-order valence-corrected chi connectivity index (χ3v) is 2.53. The average molecular weight is 243 g/mol. The summed E-state index contributed by atoms with van der Waals surface area (Å²) in [4.78, 5) is 0. The summed E-state index contributed by atoms with van der Waals surface area (Å²) in [7, 11) is 0. The number of hydrogen-bond donors (Lipinski definition) is 1. The van der Waals surface area contributed by atoms with Crippen LogP contribution in [0.2, 0.25) is 0 Å². The highest BCUT2D eigenvalue weighted by molar-refractivity contribution is 9.10. The second-order valence-electron chi connectivity index (χ2n) is 3.76. The van der Waals surface area contributed by atoms with Crippen molar-refractivity contribution < 1.29 is 5.11 Å². The van der Waals surface area contributed by atoms with Crippen LogP contribution < -0.4 is 0 Å². The molecule has 0 heterocycles. The van der Waals surface area contributed by atoms with Crippen LogP contribution in [0.15, 0.2) is 22.7 Å². The van der Waals surface area contributed by atoms with Crippen LogP contribution >= 0.6 is 15.9 Å². The van der Waals surface area contributed by atoms with Gasteiger partial charge in [0.2, 0.25) is 0 Å². The zero-order valence-electron chi connectivity index (χ0n) is 8.26. The van der Waals surface area contributed by atoms with E-state index in [1.807, 2.05) is 12.1 Å². The van der Waals surface area contributed by atoms with Crippen LogP contribution in [0, 0.1) is 0 Å². The summed E-state index contributed by atoms with van der Waals surface area (Å²) >= 11 is 3.44. The van der Waals surface area contributed by atoms with E-state index in [1.54, 1.807) is 13.8 Å². The molecule has 0 spiro atoms. The lowest BCUT2D eigenvalue weighted by atomic mass is 9.96. The van der Waals surface area contributed by atoms with E-state index in [2.05, 4.69) is 28.9 Å². The predicted octanol–water partition coefficient (Wildman–Crippen LogP) is 3.24. The Morgan fingerprint density at radius 2 is 1.92 bits per heavy atom. The summed E-state index contributed by atoms with van der Waals surface area (Å²) in [5, 5.41) is 9.81. The Bertz CT molecular complexity index is 299. The minimum atomic E-state index is -0.756. The molecule has 0 aromatic heterocycles. The van der Waals surface area contributed by atoms with Gasteiger partial charge in [-0.2, -0.15) is 0 Å². The van der Waals surface area contributed by atoms with Gasteiger partial charge in [-0.1, -0.05) is 28.9 Å². The summed E-state index contributed by atoms with van der Waals surface area (Å²) in [6.45, 7) is 5.71. The SMILES string of the molecule is CCc1cc(Br)cc(C(C)(C)O)c1. The Labute approximate surface area is 87.9 Å². The van der Waals surface area contributed by atoms with Gasteiger partial charge in [-0.15, -0.1) is 0 Å². The van der Waals surface area contributed by atoms with Crippen molar-refractivity contribution in [2.75, 3.05) is 0 Å². The molecule has 0 unspecified atom stereocenters. The van der Waals surface area contributed by atoms with Crippen molar-refractivity contribution in [2.24, 2.45) is 0 Å². The van der Waals surface area contributed by atoms with Crippen LogP contribution in [0.5, 0.6) is 0 Å².